The molecule has 2 N–H and O–H groups in total. The third-order valence-electron chi connectivity index (χ3n) is 7.35. The molecule has 0 aromatic heterocycles. The molecule has 214 valence electrons. The first-order chi connectivity index (χ1) is 19.5. The molecule has 4 heteroatoms. The summed E-state index contributed by atoms with van der Waals surface area (Å²) in [5.74, 6) is 0.691. The molecule has 0 bridgehead atoms. The normalized spacial score (nSPS) is 11.7. The smallest absolute Gasteiger partial charge is 0.127 e. The molecule has 0 aliphatic carbocycles. The van der Waals surface area contributed by atoms with Gasteiger partial charge in [0.1, 0.15) is 11.5 Å². The van der Waals surface area contributed by atoms with Gasteiger partial charge in [0.05, 0.1) is 11.4 Å². The van der Waals surface area contributed by atoms with E-state index in [0.29, 0.717) is 11.5 Å². The van der Waals surface area contributed by atoms with Crippen LogP contribution in [0.25, 0.3) is 0 Å². The summed E-state index contributed by atoms with van der Waals surface area (Å²) in [4.78, 5) is 9.31. The second kappa shape index (κ2) is 16.6. The fraction of sp³-hybridized carbons (Fsp3) is 0.444. The average molecular weight is 541 g/mol. The van der Waals surface area contributed by atoms with Crippen LogP contribution in [0.1, 0.15) is 112 Å². The molecule has 0 aliphatic heterocycles. The summed E-state index contributed by atoms with van der Waals surface area (Å²) in [6.45, 7) is 8.75. The molecule has 0 radical (unpaired) electrons. The van der Waals surface area contributed by atoms with E-state index in [1.165, 1.54) is 11.1 Å². The Morgan fingerprint density at radius 2 is 0.875 bits per heavy atom. The Hall–Kier alpha value is -3.40. The van der Waals surface area contributed by atoms with Gasteiger partial charge in [0.25, 0.3) is 0 Å². The maximum Gasteiger partial charge on any atom is 0.127 e. The lowest BCUT2D eigenvalue weighted by molar-refractivity contribution is 0.465. The topological polar surface area (TPSA) is 65.2 Å². The van der Waals surface area contributed by atoms with E-state index >= 15 is 0 Å². The lowest BCUT2D eigenvalue weighted by atomic mass is 9.97. The second-order valence-electron chi connectivity index (χ2n) is 10.8. The largest absolute Gasteiger partial charge is 0.507 e. The third-order valence-corrected chi connectivity index (χ3v) is 7.35. The number of phenols is 2. The van der Waals surface area contributed by atoms with Crippen LogP contribution in [0.5, 0.6) is 11.5 Å². The molecule has 0 fully saturated rings. The van der Waals surface area contributed by atoms with E-state index in [4.69, 9.17) is 0 Å². The highest BCUT2D eigenvalue weighted by Gasteiger charge is 2.10. The number of nitrogens with zero attached hydrogens (tertiary/aromatic N) is 2. The van der Waals surface area contributed by atoms with E-state index in [1.807, 2.05) is 24.3 Å². The molecule has 0 spiro atoms. The zero-order valence-corrected chi connectivity index (χ0v) is 25.0. The van der Waals surface area contributed by atoms with Gasteiger partial charge in [-0.15, -0.1) is 0 Å². The van der Waals surface area contributed by atoms with E-state index in [-0.39, 0.29) is 0 Å². The molecule has 0 atom stereocenters. The van der Waals surface area contributed by atoms with Crippen molar-refractivity contribution in [2.45, 2.75) is 105 Å². The molecule has 0 amide bonds. The van der Waals surface area contributed by atoms with E-state index in [0.717, 1.165) is 111 Å². The Morgan fingerprint density at radius 1 is 0.525 bits per heavy atom. The molecular weight excluding hydrogens is 492 g/mol. The minimum Gasteiger partial charge on any atom is -0.507 e. The summed E-state index contributed by atoms with van der Waals surface area (Å²) in [5.41, 5.74) is 7.71. The maximum absolute atomic E-state index is 10.9. The Labute approximate surface area is 241 Å². The maximum atomic E-state index is 10.9. The Bertz CT molecular complexity index is 1160. The molecule has 0 saturated heterocycles. The summed E-state index contributed by atoms with van der Waals surface area (Å²) >= 11 is 0. The van der Waals surface area contributed by atoms with Gasteiger partial charge in [-0.3, -0.25) is 9.98 Å². The van der Waals surface area contributed by atoms with Crippen molar-refractivity contribution in [3.63, 3.8) is 0 Å². The highest BCUT2D eigenvalue weighted by atomic mass is 16.3. The Kier molecular flexibility index (Phi) is 13.0. The first-order valence-electron chi connectivity index (χ1n) is 15.4. The van der Waals surface area contributed by atoms with Crippen LogP contribution >= 0.6 is 0 Å². The second-order valence-corrected chi connectivity index (χ2v) is 10.8. The SMILES string of the molecule is CCCCc1cc(C=Nc2ccc(N=Cc3cc(CCCC)cc(CCCC)c3O)cc2)c(O)c(CCCC)c1. The highest BCUT2D eigenvalue weighted by Crippen LogP contribution is 2.29. The summed E-state index contributed by atoms with van der Waals surface area (Å²) in [5, 5.41) is 21.8. The number of phenolic OH excluding ortho intramolecular Hbond substituents is 2. The first kappa shape index (κ1) is 31.1. The Morgan fingerprint density at radius 3 is 1.23 bits per heavy atom. The summed E-state index contributed by atoms with van der Waals surface area (Å²) in [6, 6.07) is 16.2. The van der Waals surface area contributed by atoms with E-state index < -0.39 is 0 Å². The fourth-order valence-electron chi connectivity index (χ4n) is 4.85. The van der Waals surface area contributed by atoms with Gasteiger partial charge in [-0.05, 0) is 110 Å². The standard InChI is InChI=1S/C36H48N2O2/c1-5-9-13-27-21-29(15-11-7-3)35(39)31(23-27)25-37-33-17-19-34(20-18-33)38-26-32-24-28(14-10-6-2)22-30(36(32)40)16-12-8-4/h17-26,39-40H,5-16H2,1-4H3. The quantitative estimate of drug-likeness (QED) is 0.178. The van der Waals surface area contributed by atoms with Crippen LogP contribution in [0, 0.1) is 0 Å². The van der Waals surface area contributed by atoms with Crippen molar-refractivity contribution in [1.82, 2.24) is 0 Å². The predicted octanol–water partition coefficient (Wildman–Crippen LogP) is 9.97. The van der Waals surface area contributed by atoms with Crippen LogP contribution in [0.3, 0.4) is 0 Å². The van der Waals surface area contributed by atoms with Crippen LogP contribution in [-0.4, -0.2) is 22.6 Å². The van der Waals surface area contributed by atoms with Crippen molar-refractivity contribution in [3.8, 4) is 11.5 Å². The molecule has 0 unspecified atom stereocenters. The number of aliphatic imine (C=N–C) groups is 2. The fourth-order valence-corrected chi connectivity index (χ4v) is 4.85. The zero-order valence-electron chi connectivity index (χ0n) is 25.0. The van der Waals surface area contributed by atoms with Crippen LogP contribution in [0.15, 0.2) is 58.5 Å². The number of rotatable bonds is 16. The van der Waals surface area contributed by atoms with E-state index in [1.54, 1.807) is 12.4 Å². The number of aromatic hydroxyl groups is 2. The molecule has 3 aromatic rings. The van der Waals surface area contributed by atoms with E-state index in [9.17, 15) is 10.2 Å². The van der Waals surface area contributed by atoms with Crippen molar-refractivity contribution >= 4 is 23.8 Å². The van der Waals surface area contributed by atoms with Crippen molar-refractivity contribution in [2.75, 3.05) is 0 Å². The van der Waals surface area contributed by atoms with Gasteiger partial charge in [-0.2, -0.15) is 0 Å². The van der Waals surface area contributed by atoms with Gasteiger partial charge in [0, 0.05) is 23.6 Å². The van der Waals surface area contributed by atoms with Gasteiger partial charge in [-0.25, -0.2) is 0 Å². The molecule has 40 heavy (non-hydrogen) atoms. The van der Waals surface area contributed by atoms with Crippen LogP contribution in [-0.2, 0) is 25.7 Å². The summed E-state index contributed by atoms with van der Waals surface area (Å²) in [7, 11) is 0. The van der Waals surface area contributed by atoms with Crippen LogP contribution < -0.4 is 0 Å². The van der Waals surface area contributed by atoms with Gasteiger partial charge in [0.2, 0.25) is 0 Å². The minimum absolute atomic E-state index is 0.345. The molecule has 3 rings (SSSR count). The van der Waals surface area contributed by atoms with Gasteiger partial charge < -0.3 is 10.2 Å². The third kappa shape index (κ3) is 9.36. The number of hydrogen-bond donors (Lipinski definition) is 2. The Balaban J connectivity index is 1.79. The average Bonchev–Trinajstić information content (AvgIpc) is 2.97. The lowest BCUT2D eigenvalue weighted by Gasteiger charge is -2.11. The van der Waals surface area contributed by atoms with Crippen molar-refractivity contribution in [2.24, 2.45) is 9.98 Å². The molecule has 0 heterocycles. The number of aryl methyl sites for hydroxylation is 4. The molecule has 0 saturated carbocycles. The number of hydrogen-bond acceptors (Lipinski definition) is 4. The van der Waals surface area contributed by atoms with E-state index in [2.05, 4.69) is 61.9 Å². The number of unbranched alkanes of at least 4 members (excludes halogenated alkanes) is 4. The highest BCUT2D eigenvalue weighted by molar-refractivity contribution is 5.87. The van der Waals surface area contributed by atoms with Crippen molar-refractivity contribution < 1.29 is 10.2 Å². The minimum atomic E-state index is 0.345. The van der Waals surface area contributed by atoms with Crippen LogP contribution in [0.4, 0.5) is 11.4 Å². The van der Waals surface area contributed by atoms with Gasteiger partial charge in [-0.1, -0.05) is 65.5 Å². The molecule has 0 aliphatic rings. The van der Waals surface area contributed by atoms with Crippen LogP contribution in [0.2, 0.25) is 0 Å². The molecule has 3 aromatic carbocycles. The molecular formula is C36H48N2O2. The predicted molar refractivity (Wildman–Crippen MR) is 172 cm³/mol. The first-order valence-corrected chi connectivity index (χ1v) is 15.4. The number of benzene rings is 3. The molecule has 4 nitrogen and oxygen atoms in total. The summed E-state index contributed by atoms with van der Waals surface area (Å²) < 4.78 is 0. The van der Waals surface area contributed by atoms with Crippen molar-refractivity contribution in [3.05, 3.63) is 81.9 Å². The van der Waals surface area contributed by atoms with Gasteiger partial charge >= 0.3 is 0 Å². The van der Waals surface area contributed by atoms with Gasteiger partial charge in [0.15, 0.2) is 0 Å². The zero-order chi connectivity index (χ0) is 28.7. The summed E-state index contributed by atoms with van der Waals surface area (Å²) in [6.07, 6.45) is 16.2. The monoisotopic (exact) mass is 540 g/mol. The van der Waals surface area contributed by atoms with Crippen molar-refractivity contribution in [1.29, 1.82) is 0 Å². The lowest BCUT2D eigenvalue weighted by Crippen LogP contribution is -1.96.